The molecule has 25 heavy (non-hydrogen) atoms. The maximum Gasteiger partial charge on any atom is 0.416 e. The number of H-pyrrole nitrogens is 1. The zero-order valence-corrected chi connectivity index (χ0v) is 13.8. The summed E-state index contributed by atoms with van der Waals surface area (Å²) in [6.45, 7) is 1.07. The molecule has 0 bridgehead atoms. The lowest BCUT2D eigenvalue weighted by atomic mass is 10.1. The van der Waals surface area contributed by atoms with E-state index in [0.29, 0.717) is 18.7 Å². The highest BCUT2D eigenvalue weighted by molar-refractivity contribution is 5.84. The summed E-state index contributed by atoms with van der Waals surface area (Å²) < 4.78 is 43.4. The first kappa shape index (κ1) is 17.4. The number of nitrogens with one attached hydrogen (secondary N) is 2. The number of benzene rings is 2. The van der Waals surface area contributed by atoms with Crippen molar-refractivity contribution < 1.29 is 17.9 Å². The van der Waals surface area contributed by atoms with E-state index in [1.807, 2.05) is 24.4 Å². The second-order valence-electron chi connectivity index (χ2n) is 5.85. The van der Waals surface area contributed by atoms with Crippen LogP contribution in [0.2, 0.25) is 0 Å². The Kier molecular flexibility index (Phi) is 4.99. The van der Waals surface area contributed by atoms with Gasteiger partial charge in [-0.25, -0.2) is 0 Å². The van der Waals surface area contributed by atoms with Gasteiger partial charge in [0.05, 0.1) is 12.7 Å². The van der Waals surface area contributed by atoms with Crippen LogP contribution in [0.3, 0.4) is 0 Å². The van der Waals surface area contributed by atoms with Crippen LogP contribution >= 0.6 is 0 Å². The third-order valence-corrected chi connectivity index (χ3v) is 4.13. The van der Waals surface area contributed by atoms with E-state index >= 15 is 0 Å². The molecular formula is C19H19F3N2O. The molecule has 0 saturated carbocycles. The standard InChI is InChI=1S/C19H19F3N2O/c1-25-16-5-6-18-17(10-16)14(12-24-18)7-8-23-11-13-3-2-4-15(9-13)19(20,21)22/h2-6,9-10,12,23-24H,7-8,11H2,1H3. The minimum absolute atomic E-state index is 0.398. The van der Waals surface area contributed by atoms with Gasteiger partial charge in [-0.1, -0.05) is 18.2 Å². The SMILES string of the molecule is COc1ccc2[nH]cc(CCNCc3cccc(C(F)(F)F)c3)c2c1. The molecule has 0 spiro atoms. The summed E-state index contributed by atoms with van der Waals surface area (Å²) in [5.74, 6) is 0.797. The summed E-state index contributed by atoms with van der Waals surface area (Å²) in [4.78, 5) is 3.21. The van der Waals surface area contributed by atoms with Crippen molar-refractivity contribution in [1.82, 2.24) is 10.3 Å². The Labute approximate surface area is 143 Å². The summed E-state index contributed by atoms with van der Waals surface area (Å²) in [7, 11) is 1.63. The van der Waals surface area contributed by atoms with E-state index < -0.39 is 11.7 Å². The number of ether oxygens (including phenoxy) is 1. The number of hydrogen-bond donors (Lipinski definition) is 2. The molecule has 0 radical (unpaired) electrons. The van der Waals surface area contributed by atoms with Crippen LogP contribution in [0.4, 0.5) is 13.2 Å². The highest BCUT2D eigenvalue weighted by Gasteiger charge is 2.30. The molecule has 1 aromatic heterocycles. The maximum atomic E-state index is 12.7. The summed E-state index contributed by atoms with van der Waals surface area (Å²) >= 11 is 0. The molecular weight excluding hydrogens is 329 g/mol. The van der Waals surface area contributed by atoms with E-state index in [1.165, 1.54) is 12.1 Å². The highest BCUT2D eigenvalue weighted by atomic mass is 19.4. The van der Waals surface area contributed by atoms with Gasteiger partial charge in [-0.2, -0.15) is 13.2 Å². The molecule has 6 heteroatoms. The molecule has 0 aliphatic heterocycles. The van der Waals surface area contributed by atoms with Gasteiger partial charge in [0.15, 0.2) is 0 Å². The zero-order valence-electron chi connectivity index (χ0n) is 13.8. The van der Waals surface area contributed by atoms with E-state index in [9.17, 15) is 13.2 Å². The monoisotopic (exact) mass is 348 g/mol. The molecule has 3 aromatic rings. The lowest BCUT2D eigenvalue weighted by Gasteiger charge is -2.09. The maximum absolute atomic E-state index is 12.7. The van der Waals surface area contributed by atoms with Crippen LogP contribution in [0.15, 0.2) is 48.7 Å². The van der Waals surface area contributed by atoms with Gasteiger partial charge in [0, 0.05) is 23.6 Å². The molecule has 0 aliphatic carbocycles. The number of methoxy groups -OCH3 is 1. The van der Waals surface area contributed by atoms with Crippen LogP contribution in [0.25, 0.3) is 10.9 Å². The Morgan fingerprint density at radius 1 is 1.12 bits per heavy atom. The average molecular weight is 348 g/mol. The molecule has 1 heterocycles. The van der Waals surface area contributed by atoms with E-state index in [-0.39, 0.29) is 0 Å². The van der Waals surface area contributed by atoms with E-state index in [4.69, 9.17) is 4.74 Å². The van der Waals surface area contributed by atoms with Gasteiger partial charge in [-0.3, -0.25) is 0 Å². The van der Waals surface area contributed by atoms with Crippen LogP contribution in [0.5, 0.6) is 5.75 Å². The average Bonchev–Trinajstić information content (AvgIpc) is 3.00. The molecule has 132 valence electrons. The highest BCUT2D eigenvalue weighted by Crippen LogP contribution is 2.29. The fraction of sp³-hybridized carbons (Fsp3) is 0.263. The fourth-order valence-electron chi connectivity index (χ4n) is 2.80. The Morgan fingerprint density at radius 3 is 2.72 bits per heavy atom. The Morgan fingerprint density at radius 2 is 1.96 bits per heavy atom. The van der Waals surface area contributed by atoms with Gasteiger partial charge in [-0.15, -0.1) is 0 Å². The molecule has 0 atom stereocenters. The van der Waals surface area contributed by atoms with E-state index in [0.717, 1.165) is 34.7 Å². The van der Waals surface area contributed by atoms with Gasteiger partial charge < -0.3 is 15.0 Å². The molecule has 2 aromatic carbocycles. The van der Waals surface area contributed by atoms with Crippen molar-refractivity contribution in [3.05, 3.63) is 65.4 Å². The minimum atomic E-state index is -4.31. The third kappa shape index (κ3) is 4.14. The first-order chi connectivity index (χ1) is 12.0. The second kappa shape index (κ2) is 7.19. The summed E-state index contributed by atoms with van der Waals surface area (Å²) in [5, 5.41) is 4.30. The summed E-state index contributed by atoms with van der Waals surface area (Å²) in [6, 6.07) is 11.2. The summed E-state index contributed by atoms with van der Waals surface area (Å²) in [6.07, 6.45) is -1.58. The molecule has 0 amide bonds. The van der Waals surface area contributed by atoms with Gasteiger partial charge in [0.1, 0.15) is 5.75 Å². The van der Waals surface area contributed by atoms with Crippen LogP contribution in [0.1, 0.15) is 16.7 Å². The number of rotatable bonds is 6. The molecule has 0 fully saturated rings. The fourth-order valence-corrected chi connectivity index (χ4v) is 2.80. The summed E-state index contributed by atoms with van der Waals surface area (Å²) in [5.41, 5.74) is 2.19. The van der Waals surface area contributed by atoms with Crippen molar-refractivity contribution in [1.29, 1.82) is 0 Å². The molecule has 0 unspecified atom stereocenters. The Bertz CT molecular complexity index is 855. The van der Waals surface area contributed by atoms with Crippen molar-refractivity contribution in [2.45, 2.75) is 19.1 Å². The van der Waals surface area contributed by atoms with E-state index in [2.05, 4.69) is 10.3 Å². The van der Waals surface area contributed by atoms with E-state index in [1.54, 1.807) is 13.2 Å². The van der Waals surface area contributed by atoms with Crippen molar-refractivity contribution in [2.24, 2.45) is 0 Å². The van der Waals surface area contributed by atoms with Crippen molar-refractivity contribution in [3.8, 4) is 5.75 Å². The van der Waals surface area contributed by atoms with Crippen LogP contribution in [-0.2, 0) is 19.1 Å². The minimum Gasteiger partial charge on any atom is -0.497 e. The Hall–Kier alpha value is -2.47. The number of alkyl halides is 3. The number of aromatic amines is 1. The topological polar surface area (TPSA) is 37.0 Å². The quantitative estimate of drug-likeness (QED) is 0.642. The second-order valence-corrected chi connectivity index (χ2v) is 5.85. The van der Waals surface area contributed by atoms with Crippen LogP contribution in [0, 0.1) is 0 Å². The number of halogens is 3. The van der Waals surface area contributed by atoms with Crippen molar-refractivity contribution in [3.63, 3.8) is 0 Å². The number of aromatic nitrogens is 1. The molecule has 2 N–H and O–H groups in total. The van der Waals surface area contributed by atoms with Gasteiger partial charge in [0.2, 0.25) is 0 Å². The largest absolute Gasteiger partial charge is 0.497 e. The van der Waals surface area contributed by atoms with Crippen LogP contribution < -0.4 is 10.1 Å². The molecule has 0 saturated heterocycles. The van der Waals surface area contributed by atoms with Crippen molar-refractivity contribution >= 4 is 10.9 Å². The third-order valence-electron chi connectivity index (χ3n) is 4.13. The van der Waals surface area contributed by atoms with Gasteiger partial charge >= 0.3 is 6.18 Å². The normalized spacial score (nSPS) is 11.8. The Balaban J connectivity index is 1.59. The predicted octanol–water partition coefficient (Wildman–Crippen LogP) is 4.53. The molecule has 0 aliphatic rings. The molecule has 3 nitrogen and oxygen atoms in total. The van der Waals surface area contributed by atoms with Crippen molar-refractivity contribution in [2.75, 3.05) is 13.7 Å². The smallest absolute Gasteiger partial charge is 0.416 e. The first-order valence-corrected chi connectivity index (χ1v) is 7.98. The number of fused-ring (bicyclic) bond motifs is 1. The first-order valence-electron chi connectivity index (χ1n) is 7.98. The lowest BCUT2D eigenvalue weighted by Crippen LogP contribution is -2.17. The number of hydrogen-bond acceptors (Lipinski definition) is 2. The molecule has 3 rings (SSSR count). The van der Waals surface area contributed by atoms with Gasteiger partial charge in [0.25, 0.3) is 0 Å². The predicted molar refractivity (Wildman–Crippen MR) is 91.7 cm³/mol. The lowest BCUT2D eigenvalue weighted by molar-refractivity contribution is -0.137. The van der Waals surface area contributed by atoms with Gasteiger partial charge in [-0.05, 0) is 48.4 Å². The zero-order chi connectivity index (χ0) is 17.9. The van der Waals surface area contributed by atoms with Crippen LogP contribution in [-0.4, -0.2) is 18.6 Å².